The second-order valence-electron chi connectivity index (χ2n) is 6.26. The zero-order valence-corrected chi connectivity index (χ0v) is 16.1. The van der Waals surface area contributed by atoms with Gasteiger partial charge in [-0.15, -0.1) is 10.2 Å². The van der Waals surface area contributed by atoms with E-state index in [2.05, 4.69) is 31.8 Å². The molecule has 0 bridgehead atoms. The van der Waals surface area contributed by atoms with Crippen LogP contribution >= 0.6 is 11.8 Å². The number of carbonyl (C=O) groups is 1. The molecule has 1 aromatic carbocycles. The van der Waals surface area contributed by atoms with E-state index in [1.54, 1.807) is 11.8 Å². The zero-order valence-electron chi connectivity index (χ0n) is 15.3. The fourth-order valence-electron chi connectivity index (χ4n) is 3.07. The highest BCUT2D eigenvalue weighted by Crippen LogP contribution is 2.28. The van der Waals surface area contributed by atoms with Crippen molar-refractivity contribution < 1.29 is 9.53 Å². The normalized spacial score (nSPS) is 14.4. The van der Waals surface area contributed by atoms with Crippen molar-refractivity contribution in [3.63, 3.8) is 0 Å². The van der Waals surface area contributed by atoms with Crippen LogP contribution in [0.15, 0.2) is 35.5 Å². The molecule has 1 aliphatic rings. The van der Waals surface area contributed by atoms with E-state index in [0.29, 0.717) is 13.0 Å². The maximum absolute atomic E-state index is 11.5. The van der Waals surface area contributed by atoms with E-state index >= 15 is 0 Å². The highest BCUT2D eigenvalue weighted by Gasteiger charge is 2.21. The molecule has 0 unspecified atom stereocenters. The molecule has 6 nitrogen and oxygen atoms in total. The third-order valence-corrected chi connectivity index (χ3v) is 5.35. The van der Waals surface area contributed by atoms with Gasteiger partial charge in [0.15, 0.2) is 5.16 Å². The number of rotatable bonds is 8. The van der Waals surface area contributed by atoms with E-state index in [0.717, 1.165) is 42.1 Å². The Labute approximate surface area is 158 Å². The van der Waals surface area contributed by atoms with Gasteiger partial charge in [0.1, 0.15) is 0 Å². The van der Waals surface area contributed by atoms with Crippen LogP contribution in [0, 0.1) is 0 Å². The summed E-state index contributed by atoms with van der Waals surface area (Å²) < 4.78 is 7.12. The Morgan fingerprint density at radius 3 is 2.65 bits per heavy atom. The monoisotopic (exact) mass is 374 g/mol. The molecule has 0 saturated carbocycles. The van der Waals surface area contributed by atoms with Crippen LogP contribution in [-0.4, -0.2) is 46.2 Å². The molecule has 0 amide bonds. The van der Waals surface area contributed by atoms with Crippen LogP contribution in [0.3, 0.4) is 0 Å². The molecule has 26 heavy (non-hydrogen) atoms. The van der Waals surface area contributed by atoms with Crippen molar-refractivity contribution in [2.45, 2.75) is 44.2 Å². The van der Waals surface area contributed by atoms with Crippen molar-refractivity contribution >= 4 is 23.7 Å². The standard InChI is InChI=1S/C19H26N4O2S/c1-2-25-17(24)12-9-15-26-19-21-20-18(22-13-7-4-8-14-22)23(19)16-10-5-3-6-11-16/h3,5-6,10-11H,2,4,7-9,12-15H2,1H3. The summed E-state index contributed by atoms with van der Waals surface area (Å²) in [6.45, 7) is 4.32. The molecular weight excluding hydrogens is 348 g/mol. The van der Waals surface area contributed by atoms with Gasteiger partial charge in [-0.05, 0) is 44.7 Å². The molecule has 1 fully saturated rings. The van der Waals surface area contributed by atoms with Crippen molar-refractivity contribution in [3.05, 3.63) is 30.3 Å². The summed E-state index contributed by atoms with van der Waals surface area (Å²) in [4.78, 5) is 13.8. The second kappa shape index (κ2) is 9.62. The minimum Gasteiger partial charge on any atom is -0.466 e. The lowest BCUT2D eigenvalue weighted by atomic mass is 10.1. The molecular formula is C19H26N4O2S. The number of esters is 1. The maximum Gasteiger partial charge on any atom is 0.305 e. The molecule has 1 aromatic heterocycles. The number of piperidine rings is 1. The largest absolute Gasteiger partial charge is 0.466 e. The number of hydrogen-bond donors (Lipinski definition) is 0. The van der Waals surface area contributed by atoms with Crippen molar-refractivity contribution in [3.8, 4) is 5.69 Å². The minimum atomic E-state index is -0.133. The van der Waals surface area contributed by atoms with Gasteiger partial charge in [0.25, 0.3) is 0 Å². The number of hydrogen-bond acceptors (Lipinski definition) is 6. The number of carbonyl (C=O) groups excluding carboxylic acids is 1. The first-order chi connectivity index (χ1) is 12.8. The van der Waals surface area contributed by atoms with Gasteiger partial charge >= 0.3 is 5.97 Å². The Morgan fingerprint density at radius 1 is 1.15 bits per heavy atom. The molecule has 140 valence electrons. The number of thioether (sulfide) groups is 1. The van der Waals surface area contributed by atoms with Gasteiger partial charge in [0.2, 0.25) is 5.95 Å². The van der Waals surface area contributed by atoms with E-state index in [1.165, 1.54) is 19.3 Å². The first-order valence-electron chi connectivity index (χ1n) is 9.34. The number of anilines is 1. The number of benzene rings is 1. The predicted molar refractivity (Wildman–Crippen MR) is 104 cm³/mol. The van der Waals surface area contributed by atoms with Crippen LogP contribution < -0.4 is 4.90 Å². The average molecular weight is 375 g/mol. The summed E-state index contributed by atoms with van der Waals surface area (Å²) in [5.41, 5.74) is 1.07. The minimum absolute atomic E-state index is 0.133. The Balaban J connectivity index is 1.72. The third kappa shape index (κ3) is 4.78. The van der Waals surface area contributed by atoms with Gasteiger partial charge in [0.05, 0.1) is 12.3 Å². The number of aromatic nitrogens is 3. The predicted octanol–water partition coefficient (Wildman–Crippen LogP) is 3.69. The second-order valence-corrected chi connectivity index (χ2v) is 7.32. The lowest BCUT2D eigenvalue weighted by Crippen LogP contribution is -2.31. The Morgan fingerprint density at radius 2 is 1.92 bits per heavy atom. The number of para-hydroxylation sites is 1. The van der Waals surface area contributed by atoms with Crippen molar-refractivity contribution in [1.29, 1.82) is 0 Å². The molecule has 0 radical (unpaired) electrons. The summed E-state index contributed by atoms with van der Waals surface area (Å²) in [6, 6.07) is 10.2. The molecule has 1 aliphatic heterocycles. The van der Waals surface area contributed by atoms with Gasteiger partial charge in [0, 0.05) is 25.3 Å². The van der Waals surface area contributed by atoms with Crippen LogP contribution in [-0.2, 0) is 9.53 Å². The molecule has 1 saturated heterocycles. The van der Waals surface area contributed by atoms with Crippen LogP contribution in [0.1, 0.15) is 39.0 Å². The van der Waals surface area contributed by atoms with E-state index < -0.39 is 0 Å². The SMILES string of the molecule is CCOC(=O)CCCSc1nnc(N2CCCCC2)n1-c1ccccc1. The summed E-state index contributed by atoms with van der Waals surface area (Å²) in [7, 11) is 0. The van der Waals surface area contributed by atoms with Crippen LogP contribution in [0.5, 0.6) is 0 Å². The van der Waals surface area contributed by atoms with Crippen LogP contribution in [0.2, 0.25) is 0 Å². The van der Waals surface area contributed by atoms with E-state index in [-0.39, 0.29) is 5.97 Å². The van der Waals surface area contributed by atoms with E-state index in [9.17, 15) is 4.79 Å². The van der Waals surface area contributed by atoms with Crippen LogP contribution in [0.25, 0.3) is 5.69 Å². The first-order valence-corrected chi connectivity index (χ1v) is 10.3. The van der Waals surface area contributed by atoms with E-state index in [4.69, 9.17) is 4.74 Å². The summed E-state index contributed by atoms with van der Waals surface area (Å²) >= 11 is 1.64. The lowest BCUT2D eigenvalue weighted by Gasteiger charge is -2.27. The lowest BCUT2D eigenvalue weighted by molar-refractivity contribution is -0.143. The fourth-order valence-corrected chi connectivity index (χ4v) is 3.96. The van der Waals surface area contributed by atoms with Gasteiger partial charge in [-0.3, -0.25) is 9.36 Å². The summed E-state index contributed by atoms with van der Waals surface area (Å²) in [5.74, 6) is 1.60. The van der Waals surface area contributed by atoms with E-state index in [1.807, 2.05) is 25.1 Å². The molecule has 7 heteroatoms. The van der Waals surface area contributed by atoms with Gasteiger partial charge < -0.3 is 9.64 Å². The molecule has 0 N–H and O–H groups in total. The Hall–Kier alpha value is -2.02. The summed E-state index contributed by atoms with van der Waals surface area (Å²) in [5, 5.41) is 9.80. The molecule has 0 aliphatic carbocycles. The van der Waals surface area contributed by atoms with Crippen LogP contribution in [0.4, 0.5) is 5.95 Å². The quantitative estimate of drug-likeness (QED) is 0.399. The maximum atomic E-state index is 11.5. The number of nitrogens with zero attached hydrogens (tertiary/aromatic N) is 4. The molecule has 2 heterocycles. The Kier molecular flexibility index (Phi) is 6.94. The van der Waals surface area contributed by atoms with Gasteiger partial charge in [-0.25, -0.2) is 0 Å². The summed E-state index contributed by atoms with van der Waals surface area (Å²) in [6.07, 6.45) is 4.89. The zero-order chi connectivity index (χ0) is 18.2. The molecule has 2 aromatic rings. The fraction of sp³-hybridized carbons (Fsp3) is 0.526. The molecule has 0 atom stereocenters. The highest BCUT2D eigenvalue weighted by molar-refractivity contribution is 7.99. The van der Waals surface area contributed by atoms with Crippen molar-refractivity contribution in [2.24, 2.45) is 0 Å². The first kappa shape index (κ1) is 18.8. The smallest absolute Gasteiger partial charge is 0.305 e. The van der Waals surface area contributed by atoms with Gasteiger partial charge in [-0.2, -0.15) is 0 Å². The topological polar surface area (TPSA) is 60.2 Å². The highest BCUT2D eigenvalue weighted by atomic mass is 32.2. The van der Waals surface area contributed by atoms with Crippen molar-refractivity contribution in [2.75, 3.05) is 30.3 Å². The molecule has 3 rings (SSSR count). The molecule has 0 spiro atoms. The number of ether oxygens (including phenoxy) is 1. The Bertz CT molecular complexity index is 699. The van der Waals surface area contributed by atoms with Crippen molar-refractivity contribution in [1.82, 2.24) is 14.8 Å². The average Bonchev–Trinajstić information content (AvgIpc) is 3.11. The van der Waals surface area contributed by atoms with Gasteiger partial charge in [-0.1, -0.05) is 30.0 Å². The third-order valence-electron chi connectivity index (χ3n) is 4.33.